The van der Waals surface area contributed by atoms with E-state index in [1.165, 1.54) is 5.56 Å². The highest BCUT2D eigenvalue weighted by Crippen LogP contribution is 2.08. The van der Waals surface area contributed by atoms with Crippen molar-refractivity contribution in [3.8, 4) is 0 Å². The lowest BCUT2D eigenvalue weighted by atomic mass is 10.0. The van der Waals surface area contributed by atoms with Crippen LogP contribution in [0.5, 0.6) is 0 Å². The van der Waals surface area contributed by atoms with Gasteiger partial charge in [0.1, 0.15) is 0 Å². The van der Waals surface area contributed by atoms with Crippen LogP contribution in [0.4, 0.5) is 4.79 Å². The van der Waals surface area contributed by atoms with Crippen molar-refractivity contribution in [1.82, 2.24) is 0 Å². The highest BCUT2D eigenvalue weighted by molar-refractivity contribution is 5.56. The first-order chi connectivity index (χ1) is 6.68. The van der Waals surface area contributed by atoms with Crippen LogP contribution in [0.1, 0.15) is 12.5 Å². The van der Waals surface area contributed by atoms with E-state index in [0.717, 1.165) is 6.42 Å². The Bertz CT molecular complexity index is 282. The molecule has 0 saturated carbocycles. The van der Waals surface area contributed by atoms with Crippen LogP contribution < -0.4 is 0 Å². The Morgan fingerprint density at radius 3 is 2.64 bits per heavy atom. The number of hydrogen-bond donors (Lipinski definition) is 1. The second-order valence-electron chi connectivity index (χ2n) is 3.37. The molecule has 0 bridgehead atoms. The SMILES string of the molecule is CC(COC(=O)O)Cc1ccccc1. The zero-order valence-corrected chi connectivity index (χ0v) is 8.14. The largest absolute Gasteiger partial charge is 0.505 e. The number of ether oxygens (including phenoxy) is 1. The molecule has 0 saturated heterocycles. The minimum atomic E-state index is -1.20. The zero-order valence-electron chi connectivity index (χ0n) is 8.14. The highest BCUT2D eigenvalue weighted by Gasteiger charge is 2.06. The maximum atomic E-state index is 10.1. The van der Waals surface area contributed by atoms with Crippen LogP contribution in [0.15, 0.2) is 30.3 Å². The molecule has 1 unspecified atom stereocenters. The molecule has 76 valence electrons. The van der Waals surface area contributed by atoms with Crippen LogP contribution in [0.2, 0.25) is 0 Å². The fourth-order valence-electron chi connectivity index (χ4n) is 1.29. The van der Waals surface area contributed by atoms with Gasteiger partial charge in [-0.3, -0.25) is 0 Å². The quantitative estimate of drug-likeness (QED) is 0.749. The molecule has 1 aromatic carbocycles. The summed E-state index contributed by atoms with van der Waals surface area (Å²) in [6.07, 6.45) is -0.362. The third-order valence-electron chi connectivity index (χ3n) is 1.92. The molecule has 14 heavy (non-hydrogen) atoms. The fourth-order valence-corrected chi connectivity index (χ4v) is 1.29. The molecular weight excluding hydrogens is 180 g/mol. The van der Waals surface area contributed by atoms with Crippen molar-refractivity contribution < 1.29 is 14.6 Å². The van der Waals surface area contributed by atoms with Gasteiger partial charge < -0.3 is 9.84 Å². The topological polar surface area (TPSA) is 46.5 Å². The van der Waals surface area contributed by atoms with E-state index >= 15 is 0 Å². The molecule has 3 heteroatoms. The number of carbonyl (C=O) groups is 1. The van der Waals surface area contributed by atoms with E-state index < -0.39 is 6.16 Å². The second kappa shape index (κ2) is 5.27. The van der Waals surface area contributed by atoms with Crippen LogP contribution >= 0.6 is 0 Å². The third-order valence-corrected chi connectivity index (χ3v) is 1.92. The number of rotatable bonds is 4. The van der Waals surface area contributed by atoms with Gasteiger partial charge in [-0.05, 0) is 17.9 Å². The molecule has 0 heterocycles. The van der Waals surface area contributed by atoms with Gasteiger partial charge in [0.05, 0.1) is 6.61 Å². The van der Waals surface area contributed by atoms with Gasteiger partial charge in [0.2, 0.25) is 0 Å². The first-order valence-electron chi connectivity index (χ1n) is 4.58. The van der Waals surface area contributed by atoms with Gasteiger partial charge in [-0.2, -0.15) is 0 Å². The second-order valence-corrected chi connectivity index (χ2v) is 3.37. The Kier molecular flexibility index (Phi) is 3.98. The van der Waals surface area contributed by atoms with Gasteiger partial charge in [-0.25, -0.2) is 4.79 Å². The van der Waals surface area contributed by atoms with E-state index in [1.54, 1.807) is 0 Å². The van der Waals surface area contributed by atoms with Crippen molar-refractivity contribution in [3.63, 3.8) is 0 Å². The van der Waals surface area contributed by atoms with E-state index in [2.05, 4.69) is 4.74 Å². The molecular formula is C11H14O3. The Labute approximate surface area is 83.3 Å². The van der Waals surface area contributed by atoms with Gasteiger partial charge in [0, 0.05) is 0 Å². The Hall–Kier alpha value is -1.51. The van der Waals surface area contributed by atoms with Crippen molar-refractivity contribution in [3.05, 3.63) is 35.9 Å². The van der Waals surface area contributed by atoms with Crippen molar-refractivity contribution in [2.24, 2.45) is 5.92 Å². The first kappa shape index (κ1) is 10.6. The number of carboxylic acid groups (broad SMARTS) is 1. The fraction of sp³-hybridized carbons (Fsp3) is 0.364. The van der Waals surface area contributed by atoms with Gasteiger partial charge >= 0.3 is 6.16 Å². The minimum Gasteiger partial charge on any atom is -0.450 e. The highest BCUT2D eigenvalue weighted by atomic mass is 16.7. The van der Waals surface area contributed by atoms with Crippen molar-refractivity contribution in [2.45, 2.75) is 13.3 Å². The summed E-state index contributed by atoms with van der Waals surface area (Å²) in [6.45, 7) is 2.22. The van der Waals surface area contributed by atoms with Crippen LogP contribution in [-0.2, 0) is 11.2 Å². The normalized spacial score (nSPS) is 12.1. The molecule has 0 spiro atoms. The van der Waals surface area contributed by atoms with E-state index in [-0.39, 0.29) is 12.5 Å². The van der Waals surface area contributed by atoms with E-state index in [9.17, 15) is 4.79 Å². The molecule has 0 aliphatic rings. The molecule has 1 rings (SSSR count). The third kappa shape index (κ3) is 3.94. The Morgan fingerprint density at radius 2 is 2.07 bits per heavy atom. The summed E-state index contributed by atoms with van der Waals surface area (Å²) in [5.74, 6) is 0.216. The van der Waals surface area contributed by atoms with Gasteiger partial charge in [-0.15, -0.1) is 0 Å². The molecule has 1 atom stereocenters. The average molecular weight is 194 g/mol. The molecule has 1 N–H and O–H groups in total. The number of hydrogen-bond acceptors (Lipinski definition) is 2. The van der Waals surface area contributed by atoms with Gasteiger partial charge in [0.15, 0.2) is 0 Å². The molecule has 1 aromatic rings. The minimum absolute atomic E-state index is 0.216. The van der Waals surface area contributed by atoms with Crippen LogP contribution in [0, 0.1) is 5.92 Å². The Morgan fingerprint density at radius 1 is 1.43 bits per heavy atom. The molecule has 0 radical (unpaired) electrons. The van der Waals surface area contributed by atoms with Crippen LogP contribution in [0.25, 0.3) is 0 Å². The lowest BCUT2D eigenvalue weighted by Crippen LogP contribution is -2.12. The summed E-state index contributed by atoms with van der Waals surface area (Å²) in [5, 5.41) is 8.31. The maximum absolute atomic E-state index is 10.1. The summed E-state index contributed by atoms with van der Waals surface area (Å²) in [7, 11) is 0. The van der Waals surface area contributed by atoms with Crippen molar-refractivity contribution in [2.75, 3.05) is 6.61 Å². The van der Waals surface area contributed by atoms with E-state index in [1.807, 2.05) is 37.3 Å². The molecule has 0 fully saturated rings. The first-order valence-corrected chi connectivity index (χ1v) is 4.58. The predicted molar refractivity (Wildman–Crippen MR) is 53.3 cm³/mol. The molecule has 0 aliphatic heterocycles. The van der Waals surface area contributed by atoms with Gasteiger partial charge in [-0.1, -0.05) is 37.3 Å². The summed E-state index contributed by atoms with van der Waals surface area (Å²) < 4.78 is 4.49. The average Bonchev–Trinajstić information content (AvgIpc) is 2.16. The Balaban J connectivity index is 2.34. The number of benzene rings is 1. The monoisotopic (exact) mass is 194 g/mol. The maximum Gasteiger partial charge on any atom is 0.505 e. The van der Waals surface area contributed by atoms with E-state index in [4.69, 9.17) is 5.11 Å². The van der Waals surface area contributed by atoms with Gasteiger partial charge in [0.25, 0.3) is 0 Å². The standard InChI is InChI=1S/C11H14O3/c1-9(8-14-11(12)13)7-10-5-3-2-4-6-10/h2-6,9H,7-8H2,1H3,(H,12,13). The lowest BCUT2D eigenvalue weighted by Gasteiger charge is -2.09. The lowest BCUT2D eigenvalue weighted by molar-refractivity contribution is 0.0792. The smallest absolute Gasteiger partial charge is 0.450 e. The predicted octanol–water partition coefficient (Wildman–Crippen LogP) is 2.56. The summed E-state index contributed by atoms with van der Waals surface area (Å²) in [5.41, 5.74) is 1.20. The summed E-state index contributed by atoms with van der Waals surface area (Å²) in [4.78, 5) is 10.1. The summed E-state index contributed by atoms with van der Waals surface area (Å²) >= 11 is 0. The van der Waals surface area contributed by atoms with Crippen LogP contribution in [-0.4, -0.2) is 17.9 Å². The molecule has 3 nitrogen and oxygen atoms in total. The molecule has 0 aromatic heterocycles. The van der Waals surface area contributed by atoms with Crippen molar-refractivity contribution in [1.29, 1.82) is 0 Å². The van der Waals surface area contributed by atoms with E-state index in [0.29, 0.717) is 0 Å². The van der Waals surface area contributed by atoms with Crippen LogP contribution in [0.3, 0.4) is 0 Å². The molecule has 0 amide bonds. The van der Waals surface area contributed by atoms with Crippen molar-refractivity contribution >= 4 is 6.16 Å². The zero-order chi connectivity index (χ0) is 10.4. The molecule has 0 aliphatic carbocycles. The summed E-state index contributed by atoms with van der Waals surface area (Å²) in [6, 6.07) is 9.96.